The highest BCUT2D eigenvalue weighted by Crippen LogP contribution is 2.37. The highest BCUT2D eigenvalue weighted by atomic mass is 16.5. The molecule has 0 radical (unpaired) electrons. The Balaban J connectivity index is 2.13. The van der Waals surface area contributed by atoms with Crippen molar-refractivity contribution in [1.82, 2.24) is 0 Å². The van der Waals surface area contributed by atoms with Gasteiger partial charge in [-0.15, -0.1) is 0 Å². The lowest BCUT2D eigenvalue weighted by atomic mass is 9.91. The number of ether oxygens (including phenoxy) is 1. The van der Waals surface area contributed by atoms with E-state index in [0.717, 1.165) is 13.2 Å². The summed E-state index contributed by atoms with van der Waals surface area (Å²) in [6, 6.07) is 21.5. The number of hydrogen-bond donors (Lipinski definition) is 0. The van der Waals surface area contributed by atoms with E-state index in [2.05, 4.69) is 60.7 Å². The van der Waals surface area contributed by atoms with Gasteiger partial charge in [0.2, 0.25) is 0 Å². The summed E-state index contributed by atoms with van der Waals surface area (Å²) >= 11 is 0. The topological polar surface area (TPSA) is 9.23 Å². The smallest absolute Gasteiger partial charge is 0.0731 e. The third kappa shape index (κ3) is 1.66. The van der Waals surface area contributed by atoms with Crippen molar-refractivity contribution in [2.24, 2.45) is 0 Å². The van der Waals surface area contributed by atoms with Crippen LogP contribution in [0, 0.1) is 0 Å². The summed E-state index contributed by atoms with van der Waals surface area (Å²) in [6.45, 7) is 1.46. The van der Waals surface area contributed by atoms with Crippen LogP contribution < -0.4 is 0 Å². The summed E-state index contributed by atoms with van der Waals surface area (Å²) < 4.78 is 5.65. The molecule has 1 aliphatic rings. The van der Waals surface area contributed by atoms with Crippen LogP contribution in [0.25, 0.3) is 21.9 Å². The Hall–Kier alpha value is -2.12. The van der Waals surface area contributed by atoms with Gasteiger partial charge in [-0.3, -0.25) is 0 Å². The first-order chi connectivity index (χ1) is 9.43. The Bertz CT molecular complexity index is 744. The van der Waals surface area contributed by atoms with Crippen molar-refractivity contribution in [1.29, 1.82) is 0 Å². The first-order valence-electron chi connectivity index (χ1n) is 6.60. The molecule has 0 amide bonds. The highest BCUT2D eigenvalue weighted by molar-refractivity contribution is 5.99. The predicted octanol–water partition coefficient (Wildman–Crippen LogP) is 4.54. The third-order valence-electron chi connectivity index (χ3n) is 3.82. The zero-order valence-electron chi connectivity index (χ0n) is 10.6. The fourth-order valence-electron chi connectivity index (χ4n) is 2.94. The molecule has 0 aromatic heterocycles. The molecule has 0 saturated carbocycles. The van der Waals surface area contributed by atoms with Crippen LogP contribution >= 0.6 is 0 Å². The van der Waals surface area contributed by atoms with Crippen LogP contribution in [0.3, 0.4) is 0 Å². The first kappa shape index (κ1) is 10.8. The van der Waals surface area contributed by atoms with E-state index in [1.807, 2.05) is 0 Å². The van der Waals surface area contributed by atoms with Gasteiger partial charge < -0.3 is 4.74 Å². The second-order valence-electron chi connectivity index (χ2n) is 4.97. The van der Waals surface area contributed by atoms with Crippen LogP contribution in [0.15, 0.2) is 60.7 Å². The second kappa shape index (κ2) is 4.22. The molecular weight excluding hydrogens is 232 g/mol. The SMILES string of the molecule is c1ccc(-c2c3c(cc4ccccc24)COC3)cc1. The van der Waals surface area contributed by atoms with Gasteiger partial charge in [0, 0.05) is 0 Å². The van der Waals surface area contributed by atoms with Crippen LogP contribution in [0.2, 0.25) is 0 Å². The third-order valence-corrected chi connectivity index (χ3v) is 3.82. The van der Waals surface area contributed by atoms with E-state index in [1.54, 1.807) is 0 Å². The molecule has 1 nitrogen and oxygen atoms in total. The van der Waals surface area contributed by atoms with Gasteiger partial charge in [-0.2, -0.15) is 0 Å². The first-order valence-corrected chi connectivity index (χ1v) is 6.60. The standard InChI is InChI=1S/C18H14O/c1-2-6-13(7-3-1)18-16-9-5-4-8-14(16)10-15-11-19-12-17(15)18/h1-10H,11-12H2. The number of benzene rings is 3. The van der Waals surface area contributed by atoms with Crippen molar-refractivity contribution in [3.8, 4) is 11.1 Å². The maximum atomic E-state index is 5.65. The summed E-state index contributed by atoms with van der Waals surface area (Å²) in [6.07, 6.45) is 0. The predicted molar refractivity (Wildman–Crippen MR) is 77.9 cm³/mol. The maximum absolute atomic E-state index is 5.65. The Morgan fingerprint density at radius 1 is 0.789 bits per heavy atom. The molecule has 1 heterocycles. The zero-order valence-corrected chi connectivity index (χ0v) is 10.6. The summed E-state index contributed by atoms with van der Waals surface area (Å²) in [7, 11) is 0. The lowest BCUT2D eigenvalue weighted by Gasteiger charge is -2.12. The Kier molecular flexibility index (Phi) is 2.39. The molecule has 0 unspecified atom stereocenters. The number of rotatable bonds is 1. The van der Waals surface area contributed by atoms with Gasteiger partial charge in [0.05, 0.1) is 13.2 Å². The fourth-order valence-corrected chi connectivity index (χ4v) is 2.94. The molecule has 3 aromatic carbocycles. The van der Waals surface area contributed by atoms with Gasteiger partial charge in [-0.1, -0.05) is 54.6 Å². The molecule has 1 heteroatoms. The minimum Gasteiger partial charge on any atom is -0.372 e. The van der Waals surface area contributed by atoms with Crippen molar-refractivity contribution < 1.29 is 4.74 Å². The van der Waals surface area contributed by atoms with Gasteiger partial charge in [-0.05, 0) is 39.1 Å². The van der Waals surface area contributed by atoms with E-state index in [0.29, 0.717) is 0 Å². The van der Waals surface area contributed by atoms with Gasteiger partial charge in [0.1, 0.15) is 0 Å². The highest BCUT2D eigenvalue weighted by Gasteiger charge is 2.19. The van der Waals surface area contributed by atoms with E-state index >= 15 is 0 Å². The van der Waals surface area contributed by atoms with Gasteiger partial charge in [-0.25, -0.2) is 0 Å². The molecule has 0 N–H and O–H groups in total. The average Bonchev–Trinajstić information content (AvgIpc) is 2.93. The molecule has 0 aliphatic carbocycles. The van der Waals surface area contributed by atoms with E-state index in [1.165, 1.54) is 33.0 Å². The van der Waals surface area contributed by atoms with Gasteiger partial charge in [0.15, 0.2) is 0 Å². The minimum absolute atomic E-state index is 0.727. The molecule has 0 atom stereocenters. The molecule has 0 saturated heterocycles. The van der Waals surface area contributed by atoms with Crippen LogP contribution in [0.1, 0.15) is 11.1 Å². The molecule has 4 rings (SSSR count). The Morgan fingerprint density at radius 2 is 1.58 bits per heavy atom. The van der Waals surface area contributed by atoms with Crippen molar-refractivity contribution in [2.45, 2.75) is 13.2 Å². The van der Waals surface area contributed by atoms with Crippen molar-refractivity contribution in [3.63, 3.8) is 0 Å². The Labute approximate surface area is 112 Å². The molecule has 1 aliphatic heterocycles. The maximum Gasteiger partial charge on any atom is 0.0731 e. The van der Waals surface area contributed by atoms with E-state index in [-0.39, 0.29) is 0 Å². The lowest BCUT2D eigenvalue weighted by molar-refractivity contribution is 0.134. The quantitative estimate of drug-likeness (QED) is 0.612. The van der Waals surface area contributed by atoms with Crippen LogP contribution in [0.4, 0.5) is 0 Å². The monoisotopic (exact) mass is 246 g/mol. The summed E-state index contributed by atoms with van der Waals surface area (Å²) in [4.78, 5) is 0. The van der Waals surface area contributed by atoms with Crippen molar-refractivity contribution in [2.75, 3.05) is 0 Å². The van der Waals surface area contributed by atoms with Gasteiger partial charge >= 0.3 is 0 Å². The van der Waals surface area contributed by atoms with Gasteiger partial charge in [0.25, 0.3) is 0 Å². The minimum atomic E-state index is 0.727. The Morgan fingerprint density at radius 3 is 2.47 bits per heavy atom. The fraction of sp³-hybridized carbons (Fsp3) is 0.111. The van der Waals surface area contributed by atoms with E-state index in [9.17, 15) is 0 Å². The molecule has 92 valence electrons. The molecule has 3 aromatic rings. The summed E-state index contributed by atoms with van der Waals surface area (Å²) in [5.41, 5.74) is 5.30. The van der Waals surface area contributed by atoms with E-state index < -0.39 is 0 Å². The summed E-state index contributed by atoms with van der Waals surface area (Å²) in [5, 5.41) is 2.61. The average molecular weight is 246 g/mol. The van der Waals surface area contributed by atoms with Crippen LogP contribution in [0.5, 0.6) is 0 Å². The van der Waals surface area contributed by atoms with E-state index in [4.69, 9.17) is 4.74 Å². The molecule has 0 fully saturated rings. The largest absolute Gasteiger partial charge is 0.372 e. The lowest BCUT2D eigenvalue weighted by Crippen LogP contribution is -1.91. The molecule has 0 spiro atoms. The zero-order chi connectivity index (χ0) is 12.7. The number of hydrogen-bond acceptors (Lipinski definition) is 1. The number of fused-ring (bicyclic) bond motifs is 2. The van der Waals surface area contributed by atoms with Crippen molar-refractivity contribution in [3.05, 3.63) is 71.8 Å². The molecular formula is C18H14O. The normalized spacial score (nSPS) is 13.7. The van der Waals surface area contributed by atoms with Crippen LogP contribution in [-0.2, 0) is 18.0 Å². The molecule has 19 heavy (non-hydrogen) atoms. The molecule has 0 bridgehead atoms. The van der Waals surface area contributed by atoms with Crippen molar-refractivity contribution >= 4 is 10.8 Å². The van der Waals surface area contributed by atoms with Crippen LogP contribution in [-0.4, -0.2) is 0 Å². The summed E-state index contributed by atoms with van der Waals surface area (Å²) in [5.74, 6) is 0. The second-order valence-corrected chi connectivity index (χ2v) is 4.97.